The third kappa shape index (κ3) is 5.86. The van der Waals surface area contributed by atoms with E-state index in [1.165, 1.54) is 11.1 Å². The fourth-order valence-electron chi connectivity index (χ4n) is 5.65. The van der Waals surface area contributed by atoms with Crippen molar-refractivity contribution in [3.8, 4) is 11.1 Å². The van der Waals surface area contributed by atoms with Crippen LogP contribution in [0.15, 0.2) is 41.2 Å². The Kier molecular flexibility index (Phi) is 8.72. The quantitative estimate of drug-likeness (QED) is 0.399. The van der Waals surface area contributed by atoms with Gasteiger partial charge in [-0.15, -0.1) is 0 Å². The molecule has 1 aliphatic heterocycles. The molecule has 0 spiro atoms. The first-order valence-corrected chi connectivity index (χ1v) is 13.8. The van der Waals surface area contributed by atoms with E-state index in [2.05, 4.69) is 60.2 Å². The largest absolute Gasteiger partial charge is 0.381 e. The average molecular weight is 516 g/mol. The van der Waals surface area contributed by atoms with Gasteiger partial charge in [0.05, 0.1) is 0 Å². The van der Waals surface area contributed by atoms with Crippen LogP contribution >= 0.6 is 0 Å². The molecule has 1 aliphatic rings. The highest BCUT2D eigenvalue weighted by molar-refractivity contribution is 5.99. The predicted octanol–water partition coefficient (Wildman–Crippen LogP) is 5.77. The van der Waals surface area contributed by atoms with Crippen molar-refractivity contribution in [2.75, 3.05) is 24.7 Å². The number of aromatic amines is 1. The van der Waals surface area contributed by atoms with Crippen molar-refractivity contribution in [2.45, 2.75) is 73.4 Å². The summed E-state index contributed by atoms with van der Waals surface area (Å²) >= 11 is 0. The summed E-state index contributed by atoms with van der Waals surface area (Å²) in [5.74, 6) is -0.171. The highest BCUT2D eigenvalue weighted by Gasteiger charge is 2.25. The molecule has 4 rings (SSSR count). The molecule has 0 radical (unpaired) electrons. The summed E-state index contributed by atoms with van der Waals surface area (Å²) in [6.45, 7) is 14.8. The minimum Gasteiger partial charge on any atom is -0.381 e. The van der Waals surface area contributed by atoms with Crippen molar-refractivity contribution in [1.29, 1.82) is 0 Å². The van der Waals surface area contributed by atoms with Crippen molar-refractivity contribution in [1.82, 2.24) is 10.3 Å². The second-order valence-electron chi connectivity index (χ2n) is 10.4. The van der Waals surface area contributed by atoms with Gasteiger partial charge in [-0.25, -0.2) is 0 Å². The third-order valence-corrected chi connectivity index (χ3v) is 7.84. The van der Waals surface area contributed by atoms with Gasteiger partial charge in [-0.3, -0.25) is 9.59 Å². The Labute approximate surface area is 226 Å². The number of aromatic nitrogens is 1. The third-order valence-electron chi connectivity index (χ3n) is 7.84. The van der Waals surface area contributed by atoms with Crippen LogP contribution in [-0.4, -0.2) is 36.7 Å². The summed E-state index contributed by atoms with van der Waals surface area (Å²) < 4.78 is 5.63. The number of nitrogens with one attached hydrogen (secondary N) is 2. The fourth-order valence-corrected chi connectivity index (χ4v) is 5.65. The summed E-state index contributed by atoms with van der Waals surface area (Å²) in [6, 6.07) is 13.1. The second-order valence-corrected chi connectivity index (χ2v) is 10.4. The molecule has 6 heteroatoms. The SMILES string of the molecule is CCc1ccc(-c2cc(C(=O)NCc3c(C)cc(C)[nH]c3=O)c(C)c(N(CC)C3CCOCC3)c2)c(C)c1. The van der Waals surface area contributed by atoms with Crippen LogP contribution in [0.3, 0.4) is 0 Å². The number of ether oxygens (including phenoxy) is 1. The molecule has 3 aromatic rings. The molecule has 2 aromatic carbocycles. The number of nitrogens with zero attached hydrogens (tertiary/aromatic N) is 1. The highest BCUT2D eigenvalue weighted by atomic mass is 16.5. The molecule has 6 nitrogen and oxygen atoms in total. The molecular weight excluding hydrogens is 474 g/mol. The van der Waals surface area contributed by atoms with E-state index in [1.54, 1.807) is 0 Å². The zero-order valence-corrected chi connectivity index (χ0v) is 23.7. The summed E-state index contributed by atoms with van der Waals surface area (Å²) in [7, 11) is 0. The summed E-state index contributed by atoms with van der Waals surface area (Å²) in [6.07, 6.45) is 2.93. The lowest BCUT2D eigenvalue weighted by Crippen LogP contribution is -2.40. The lowest BCUT2D eigenvalue weighted by Gasteiger charge is -2.37. The van der Waals surface area contributed by atoms with Gasteiger partial charge < -0.3 is 19.9 Å². The smallest absolute Gasteiger partial charge is 0.253 e. The van der Waals surface area contributed by atoms with E-state index < -0.39 is 0 Å². The maximum atomic E-state index is 13.7. The molecule has 0 aliphatic carbocycles. The number of pyridine rings is 1. The second kappa shape index (κ2) is 12.0. The first kappa shape index (κ1) is 27.6. The van der Waals surface area contributed by atoms with Crippen LogP contribution in [0.4, 0.5) is 5.69 Å². The van der Waals surface area contributed by atoms with Crippen molar-refractivity contribution in [3.63, 3.8) is 0 Å². The molecular formula is C32H41N3O3. The molecule has 202 valence electrons. The highest BCUT2D eigenvalue weighted by Crippen LogP contribution is 2.35. The van der Waals surface area contributed by atoms with E-state index in [4.69, 9.17) is 4.74 Å². The van der Waals surface area contributed by atoms with E-state index in [0.717, 1.165) is 72.7 Å². The van der Waals surface area contributed by atoms with Gasteiger partial charge >= 0.3 is 0 Å². The van der Waals surface area contributed by atoms with E-state index in [1.807, 2.05) is 32.9 Å². The van der Waals surface area contributed by atoms with Crippen molar-refractivity contribution in [3.05, 3.63) is 85.8 Å². The minimum atomic E-state index is -0.171. The number of hydrogen-bond donors (Lipinski definition) is 2. The number of carbonyl (C=O) groups is 1. The van der Waals surface area contributed by atoms with Gasteiger partial charge in [-0.1, -0.05) is 25.1 Å². The number of benzene rings is 2. The predicted molar refractivity (Wildman–Crippen MR) is 155 cm³/mol. The molecule has 38 heavy (non-hydrogen) atoms. The maximum Gasteiger partial charge on any atom is 0.253 e. The molecule has 0 unspecified atom stereocenters. The first-order chi connectivity index (χ1) is 18.2. The minimum absolute atomic E-state index is 0.155. The monoisotopic (exact) mass is 515 g/mol. The maximum absolute atomic E-state index is 13.7. The molecule has 2 N–H and O–H groups in total. The number of rotatable bonds is 8. The van der Waals surface area contributed by atoms with Crippen molar-refractivity contribution < 1.29 is 9.53 Å². The van der Waals surface area contributed by atoms with Gasteiger partial charge in [0.2, 0.25) is 0 Å². The lowest BCUT2D eigenvalue weighted by atomic mass is 9.92. The Morgan fingerprint density at radius 2 is 1.76 bits per heavy atom. The normalized spacial score (nSPS) is 13.9. The number of H-pyrrole nitrogens is 1. The van der Waals surface area contributed by atoms with Crippen LogP contribution in [0.25, 0.3) is 11.1 Å². The summed E-state index contributed by atoms with van der Waals surface area (Å²) in [5, 5.41) is 3.04. The number of amides is 1. The molecule has 0 bridgehead atoms. The first-order valence-electron chi connectivity index (χ1n) is 13.8. The fraction of sp³-hybridized carbons (Fsp3) is 0.438. The van der Waals surface area contributed by atoms with Crippen molar-refractivity contribution >= 4 is 11.6 Å². The Bertz CT molecular complexity index is 1370. The van der Waals surface area contributed by atoms with Crippen molar-refractivity contribution in [2.24, 2.45) is 0 Å². The van der Waals surface area contributed by atoms with Crippen LogP contribution in [0, 0.1) is 27.7 Å². The molecule has 1 fully saturated rings. The van der Waals surface area contributed by atoms with Gasteiger partial charge in [-0.05, 0) is 105 Å². The molecule has 0 saturated carbocycles. The number of anilines is 1. The Hall–Kier alpha value is -3.38. The van der Waals surface area contributed by atoms with Crippen LogP contribution in [0.2, 0.25) is 0 Å². The lowest BCUT2D eigenvalue weighted by molar-refractivity contribution is 0.0846. The number of hydrogen-bond acceptors (Lipinski definition) is 4. The molecule has 2 heterocycles. The van der Waals surface area contributed by atoms with Gasteiger partial charge in [0, 0.05) is 54.9 Å². The zero-order chi connectivity index (χ0) is 27.4. The van der Waals surface area contributed by atoms with E-state index in [0.29, 0.717) is 17.2 Å². The van der Waals surface area contributed by atoms with Gasteiger partial charge in [0.15, 0.2) is 0 Å². The van der Waals surface area contributed by atoms with E-state index in [-0.39, 0.29) is 18.0 Å². The molecule has 1 amide bonds. The molecule has 1 aromatic heterocycles. The van der Waals surface area contributed by atoms with Gasteiger partial charge in [0.25, 0.3) is 11.5 Å². The Morgan fingerprint density at radius 1 is 1.03 bits per heavy atom. The van der Waals surface area contributed by atoms with Crippen LogP contribution in [0.1, 0.15) is 70.6 Å². The summed E-state index contributed by atoms with van der Waals surface area (Å²) in [4.78, 5) is 31.5. The number of aryl methyl sites for hydroxylation is 4. The average Bonchev–Trinajstić information content (AvgIpc) is 2.90. The van der Waals surface area contributed by atoms with Gasteiger partial charge in [0.1, 0.15) is 0 Å². The van der Waals surface area contributed by atoms with E-state index in [9.17, 15) is 9.59 Å². The standard InChI is InChI=1S/C32H41N3O3/c1-7-24-9-10-27(21(4)16-24)25-17-28(31(36)33-19-29-20(3)15-22(5)34-32(29)37)23(6)30(18-25)35(8-2)26-11-13-38-14-12-26/h9-10,15-18,26H,7-8,11-14,19H2,1-6H3,(H,33,36)(H,34,37). The van der Waals surface area contributed by atoms with Crippen LogP contribution in [0.5, 0.6) is 0 Å². The van der Waals surface area contributed by atoms with E-state index >= 15 is 0 Å². The van der Waals surface area contributed by atoms with Gasteiger partial charge in [-0.2, -0.15) is 0 Å². The topological polar surface area (TPSA) is 74.4 Å². The zero-order valence-electron chi connectivity index (χ0n) is 23.7. The molecule has 0 atom stereocenters. The van der Waals surface area contributed by atoms with Crippen LogP contribution in [-0.2, 0) is 17.7 Å². The molecule has 1 saturated heterocycles. The summed E-state index contributed by atoms with van der Waals surface area (Å²) in [5.41, 5.74) is 9.46. The Balaban J connectivity index is 1.77. The Morgan fingerprint density at radius 3 is 2.39 bits per heavy atom. The number of carbonyl (C=O) groups excluding carboxylic acids is 1. The van der Waals surface area contributed by atoms with Crippen LogP contribution < -0.4 is 15.8 Å².